The molecule has 0 saturated heterocycles. The lowest BCUT2D eigenvalue weighted by molar-refractivity contribution is -0.136. The highest BCUT2D eigenvalue weighted by Gasteiger charge is 2.52. The van der Waals surface area contributed by atoms with Gasteiger partial charge in [-0.1, -0.05) is 29.4 Å². The fourth-order valence-corrected chi connectivity index (χ4v) is 3.66. The molecule has 7 nitrogen and oxygen atoms in total. The van der Waals surface area contributed by atoms with Gasteiger partial charge in [0.15, 0.2) is 5.82 Å². The number of amides is 2. The number of alkyl halides is 2. The Hall–Kier alpha value is -3.76. The van der Waals surface area contributed by atoms with Gasteiger partial charge in [0.1, 0.15) is 17.2 Å². The predicted octanol–water partition coefficient (Wildman–Crippen LogP) is 4.08. The second kappa shape index (κ2) is 8.88. The molecule has 1 aliphatic carbocycles. The second-order valence-electron chi connectivity index (χ2n) is 8.11. The predicted molar refractivity (Wildman–Crippen MR) is 112 cm³/mol. The molecule has 1 heterocycles. The third-order valence-electron chi connectivity index (χ3n) is 5.63. The van der Waals surface area contributed by atoms with Crippen LogP contribution in [0.25, 0.3) is 22.6 Å². The topological polar surface area (TPSA) is 97.1 Å². The van der Waals surface area contributed by atoms with Gasteiger partial charge in [-0.05, 0) is 49.9 Å². The van der Waals surface area contributed by atoms with Crippen molar-refractivity contribution < 1.29 is 31.7 Å². The minimum absolute atomic E-state index is 0.0297. The van der Waals surface area contributed by atoms with E-state index < -0.39 is 41.5 Å². The maximum atomic E-state index is 15.0. The Bertz CT molecular complexity index is 1260. The number of hydrogen-bond donors (Lipinski definition) is 2. The fraction of sp³-hybridized carbons (Fsp3) is 0.304. The number of benzene rings is 2. The Morgan fingerprint density at radius 3 is 2.44 bits per heavy atom. The average molecular weight is 476 g/mol. The van der Waals surface area contributed by atoms with Crippen molar-refractivity contribution in [1.29, 1.82) is 0 Å². The monoisotopic (exact) mass is 476 g/mol. The van der Waals surface area contributed by atoms with Gasteiger partial charge >= 0.3 is 6.43 Å². The SMILES string of the molecule is Cc1noc(-c2c(F)cccc2-c2ccc([C@@H](C)NC(=O)C3(NC(=O)C(F)F)CC3)c(F)c2)n1. The molecule has 0 radical (unpaired) electrons. The van der Waals surface area contributed by atoms with E-state index in [9.17, 15) is 22.8 Å². The van der Waals surface area contributed by atoms with E-state index in [-0.39, 0.29) is 29.9 Å². The first kappa shape index (κ1) is 23.4. The summed E-state index contributed by atoms with van der Waals surface area (Å²) in [4.78, 5) is 27.9. The number of hydrogen-bond acceptors (Lipinski definition) is 5. The van der Waals surface area contributed by atoms with Crippen molar-refractivity contribution in [3.8, 4) is 22.6 Å². The van der Waals surface area contributed by atoms with Crippen molar-refractivity contribution in [3.05, 3.63) is 59.4 Å². The summed E-state index contributed by atoms with van der Waals surface area (Å²) in [6.45, 7) is 3.11. The Labute approximate surface area is 191 Å². The summed E-state index contributed by atoms with van der Waals surface area (Å²) >= 11 is 0. The van der Waals surface area contributed by atoms with Crippen LogP contribution in [0.3, 0.4) is 0 Å². The molecule has 1 aromatic heterocycles. The van der Waals surface area contributed by atoms with Crippen LogP contribution in [0.15, 0.2) is 40.9 Å². The molecule has 0 spiro atoms. The molecule has 3 aromatic rings. The first-order chi connectivity index (χ1) is 16.1. The largest absolute Gasteiger partial charge is 0.347 e. The molecule has 1 saturated carbocycles. The molecule has 4 rings (SSSR count). The Morgan fingerprint density at radius 2 is 1.85 bits per heavy atom. The Balaban J connectivity index is 1.56. The lowest BCUT2D eigenvalue weighted by Gasteiger charge is -2.21. The molecule has 2 amide bonds. The van der Waals surface area contributed by atoms with Crippen LogP contribution in [0, 0.1) is 18.6 Å². The lowest BCUT2D eigenvalue weighted by atomic mass is 9.96. The van der Waals surface area contributed by atoms with Crippen molar-refractivity contribution in [2.24, 2.45) is 0 Å². The highest BCUT2D eigenvalue weighted by Crippen LogP contribution is 2.37. The third-order valence-corrected chi connectivity index (χ3v) is 5.63. The van der Waals surface area contributed by atoms with Crippen molar-refractivity contribution in [2.45, 2.75) is 44.7 Å². The summed E-state index contributed by atoms with van der Waals surface area (Å²) in [7, 11) is 0. The van der Waals surface area contributed by atoms with Gasteiger partial charge < -0.3 is 15.2 Å². The van der Waals surface area contributed by atoms with Crippen molar-refractivity contribution in [2.75, 3.05) is 0 Å². The van der Waals surface area contributed by atoms with Crippen LogP contribution in [0.2, 0.25) is 0 Å². The van der Waals surface area contributed by atoms with Crippen molar-refractivity contribution in [1.82, 2.24) is 20.8 Å². The smallest absolute Gasteiger partial charge is 0.315 e. The maximum Gasteiger partial charge on any atom is 0.315 e. The van der Waals surface area contributed by atoms with E-state index in [1.807, 2.05) is 5.32 Å². The molecular formula is C23H20F4N4O3. The van der Waals surface area contributed by atoms with Crippen LogP contribution in [0.1, 0.15) is 37.2 Å². The fourth-order valence-electron chi connectivity index (χ4n) is 3.66. The first-order valence-corrected chi connectivity index (χ1v) is 10.4. The molecule has 0 aliphatic heterocycles. The van der Waals surface area contributed by atoms with Gasteiger partial charge in [-0.3, -0.25) is 9.59 Å². The van der Waals surface area contributed by atoms with E-state index in [1.54, 1.807) is 19.1 Å². The van der Waals surface area contributed by atoms with Crippen molar-refractivity contribution in [3.63, 3.8) is 0 Å². The molecule has 0 bridgehead atoms. The summed E-state index contributed by atoms with van der Waals surface area (Å²) in [5, 5.41) is 8.28. The van der Waals surface area contributed by atoms with Gasteiger partial charge in [0, 0.05) is 5.56 Å². The van der Waals surface area contributed by atoms with E-state index in [2.05, 4.69) is 15.5 Å². The van der Waals surface area contributed by atoms with E-state index in [0.717, 1.165) is 0 Å². The highest BCUT2D eigenvalue weighted by molar-refractivity contribution is 5.95. The zero-order valence-electron chi connectivity index (χ0n) is 18.2. The van der Waals surface area contributed by atoms with E-state index in [1.165, 1.54) is 31.2 Å². The molecule has 11 heteroatoms. The van der Waals surface area contributed by atoms with Crippen LogP contribution >= 0.6 is 0 Å². The van der Waals surface area contributed by atoms with Crippen LogP contribution in [-0.4, -0.2) is 33.9 Å². The number of carbonyl (C=O) groups excluding carboxylic acids is 2. The van der Waals surface area contributed by atoms with Gasteiger partial charge in [-0.25, -0.2) is 8.78 Å². The first-order valence-electron chi connectivity index (χ1n) is 10.4. The van der Waals surface area contributed by atoms with E-state index in [4.69, 9.17) is 4.52 Å². The van der Waals surface area contributed by atoms with E-state index in [0.29, 0.717) is 17.0 Å². The summed E-state index contributed by atoms with van der Waals surface area (Å²) in [6, 6.07) is 7.61. The van der Waals surface area contributed by atoms with Gasteiger partial charge in [0.05, 0.1) is 11.6 Å². The molecule has 178 valence electrons. The molecule has 1 aliphatic rings. The molecule has 1 fully saturated rings. The van der Waals surface area contributed by atoms with Crippen LogP contribution in [-0.2, 0) is 9.59 Å². The lowest BCUT2D eigenvalue weighted by Crippen LogP contribution is -2.51. The summed E-state index contributed by atoms with van der Waals surface area (Å²) in [5.41, 5.74) is -0.580. The Morgan fingerprint density at radius 1 is 1.12 bits per heavy atom. The minimum atomic E-state index is -3.24. The van der Waals surface area contributed by atoms with Crippen LogP contribution in [0.5, 0.6) is 0 Å². The number of carbonyl (C=O) groups is 2. The summed E-state index contributed by atoms with van der Waals surface area (Å²) < 4.78 is 59.8. The number of aryl methyl sites for hydroxylation is 1. The van der Waals surface area contributed by atoms with Gasteiger partial charge in [0.25, 0.3) is 11.8 Å². The number of aromatic nitrogens is 2. The number of nitrogens with one attached hydrogen (secondary N) is 2. The van der Waals surface area contributed by atoms with Gasteiger partial charge in [-0.15, -0.1) is 0 Å². The molecule has 2 aromatic carbocycles. The standard InChI is InChI=1S/C23H20F4N4O3/c1-11(28-22(33)23(8-9-23)30-20(32)19(26)27)14-7-6-13(10-17(14)25)15-4-3-5-16(24)18(15)21-29-12(2)31-34-21/h3-7,10-11,19H,8-9H2,1-2H3,(H,28,33)(H,30,32)/t11-/m1/s1. The highest BCUT2D eigenvalue weighted by atomic mass is 19.3. The molecule has 34 heavy (non-hydrogen) atoms. The third kappa shape index (κ3) is 4.50. The Kier molecular flexibility index (Phi) is 6.11. The number of rotatable bonds is 7. The van der Waals surface area contributed by atoms with Crippen LogP contribution < -0.4 is 10.6 Å². The zero-order chi connectivity index (χ0) is 24.6. The number of halogens is 4. The zero-order valence-corrected chi connectivity index (χ0v) is 18.2. The molecule has 0 unspecified atom stereocenters. The number of nitrogens with zero attached hydrogens (tertiary/aromatic N) is 2. The quantitative estimate of drug-likeness (QED) is 0.501. The molecule has 1 atom stereocenters. The minimum Gasteiger partial charge on any atom is -0.347 e. The molecule has 2 N–H and O–H groups in total. The maximum absolute atomic E-state index is 15.0. The summed E-state index contributed by atoms with van der Waals surface area (Å²) in [5.74, 6) is -3.23. The normalized spacial score (nSPS) is 15.1. The summed E-state index contributed by atoms with van der Waals surface area (Å²) in [6.07, 6.45) is -2.82. The van der Waals surface area contributed by atoms with Crippen molar-refractivity contribution >= 4 is 11.8 Å². The van der Waals surface area contributed by atoms with Gasteiger partial charge in [0.2, 0.25) is 5.91 Å². The second-order valence-corrected chi connectivity index (χ2v) is 8.11. The van der Waals surface area contributed by atoms with Crippen LogP contribution in [0.4, 0.5) is 17.6 Å². The average Bonchev–Trinajstić information content (AvgIpc) is 3.45. The molecular weight excluding hydrogens is 456 g/mol. The van der Waals surface area contributed by atoms with Gasteiger partial charge in [-0.2, -0.15) is 13.8 Å². The van der Waals surface area contributed by atoms with E-state index >= 15 is 4.39 Å².